The maximum Gasteiger partial charge on any atom is 0.0883 e. The predicted molar refractivity (Wildman–Crippen MR) is 44.5 cm³/mol. The van der Waals surface area contributed by atoms with Crippen molar-refractivity contribution >= 4 is 0 Å². The van der Waals surface area contributed by atoms with Crippen molar-refractivity contribution in [2.45, 2.75) is 38.7 Å². The van der Waals surface area contributed by atoms with Crippen LogP contribution in [0.3, 0.4) is 0 Å². The van der Waals surface area contributed by atoms with Crippen LogP contribution in [0.1, 0.15) is 33.1 Å². The van der Waals surface area contributed by atoms with E-state index in [9.17, 15) is 5.11 Å². The quantitative estimate of drug-likeness (QED) is 0.661. The second-order valence-electron chi connectivity index (χ2n) is 3.98. The van der Waals surface area contributed by atoms with Gasteiger partial charge in [-0.1, -0.05) is 13.8 Å². The molecule has 0 aliphatic carbocycles. The molecular formula is C9H18O2. The number of ether oxygens (including phenoxy) is 1. The number of rotatable bonds is 2. The number of hydrogen-bond acceptors (Lipinski definition) is 2. The van der Waals surface area contributed by atoms with Crippen LogP contribution in [0.15, 0.2) is 0 Å². The van der Waals surface area contributed by atoms with Gasteiger partial charge in [-0.2, -0.15) is 0 Å². The molecule has 1 fully saturated rings. The molecule has 0 amide bonds. The fraction of sp³-hybridized carbons (Fsp3) is 1.00. The molecule has 1 N–H and O–H groups in total. The van der Waals surface area contributed by atoms with Gasteiger partial charge in [0.05, 0.1) is 12.2 Å². The van der Waals surface area contributed by atoms with Gasteiger partial charge in [0.1, 0.15) is 0 Å². The van der Waals surface area contributed by atoms with E-state index >= 15 is 0 Å². The number of hydrogen-bond donors (Lipinski definition) is 1. The first-order chi connectivity index (χ1) is 5.12. The Hall–Kier alpha value is -0.0800. The van der Waals surface area contributed by atoms with Gasteiger partial charge in [-0.05, 0) is 25.2 Å². The third-order valence-corrected chi connectivity index (χ3v) is 2.09. The summed E-state index contributed by atoms with van der Waals surface area (Å²) in [7, 11) is 0. The summed E-state index contributed by atoms with van der Waals surface area (Å²) in [5.41, 5.74) is -0.521. The van der Waals surface area contributed by atoms with Crippen molar-refractivity contribution in [1.29, 1.82) is 0 Å². The molecule has 0 aromatic rings. The van der Waals surface area contributed by atoms with Crippen LogP contribution < -0.4 is 0 Å². The molecule has 0 aromatic heterocycles. The summed E-state index contributed by atoms with van der Waals surface area (Å²) in [6, 6.07) is 0. The molecule has 1 aliphatic rings. The molecule has 0 spiro atoms. The third-order valence-electron chi connectivity index (χ3n) is 2.09. The lowest BCUT2D eigenvalue weighted by Gasteiger charge is -2.33. The van der Waals surface area contributed by atoms with E-state index in [2.05, 4.69) is 13.8 Å². The van der Waals surface area contributed by atoms with Crippen LogP contribution in [0.25, 0.3) is 0 Å². The highest BCUT2D eigenvalue weighted by atomic mass is 16.5. The van der Waals surface area contributed by atoms with Gasteiger partial charge >= 0.3 is 0 Å². The van der Waals surface area contributed by atoms with Crippen LogP contribution in [0.2, 0.25) is 0 Å². The third kappa shape index (κ3) is 2.80. The first kappa shape index (κ1) is 9.01. The summed E-state index contributed by atoms with van der Waals surface area (Å²) in [6.45, 7) is 5.62. The van der Waals surface area contributed by atoms with Gasteiger partial charge in [-0.15, -0.1) is 0 Å². The molecule has 1 atom stereocenters. The average Bonchev–Trinajstić information content (AvgIpc) is 1.85. The Morgan fingerprint density at radius 3 is 2.73 bits per heavy atom. The van der Waals surface area contributed by atoms with E-state index in [1.165, 1.54) is 0 Å². The Morgan fingerprint density at radius 1 is 1.55 bits per heavy atom. The summed E-state index contributed by atoms with van der Waals surface area (Å²) in [5, 5.41) is 9.92. The van der Waals surface area contributed by atoms with Crippen LogP contribution >= 0.6 is 0 Å². The molecule has 0 saturated carbocycles. The first-order valence-corrected chi connectivity index (χ1v) is 4.42. The van der Waals surface area contributed by atoms with E-state index in [1.807, 2.05) is 0 Å². The van der Waals surface area contributed by atoms with Crippen molar-refractivity contribution in [3.8, 4) is 0 Å². The van der Waals surface area contributed by atoms with E-state index in [4.69, 9.17) is 4.74 Å². The Bertz CT molecular complexity index is 115. The molecular weight excluding hydrogens is 140 g/mol. The topological polar surface area (TPSA) is 29.5 Å². The zero-order chi connectivity index (χ0) is 8.32. The Morgan fingerprint density at radius 2 is 2.27 bits per heavy atom. The second kappa shape index (κ2) is 3.55. The molecule has 1 rings (SSSR count). The van der Waals surface area contributed by atoms with Crippen LogP contribution in [0, 0.1) is 5.92 Å². The van der Waals surface area contributed by atoms with Gasteiger partial charge in [-0.3, -0.25) is 0 Å². The zero-order valence-corrected chi connectivity index (χ0v) is 7.47. The van der Waals surface area contributed by atoms with E-state index < -0.39 is 5.60 Å². The molecule has 0 bridgehead atoms. The maximum atomic E-state index is 9.92. The van der Waals surface area contributed by atoms with Crippen molar-refractivity contribution < 1.29 is 9.84 Å². The molecule has 1 heterocycles. The van der Waals surface area contributed by atoms with Gasteiger partial charge in [-0.25, -0.2) is 0 Å². The van der Waals surface area contributed by atoms with E-state index in [0.29, 0.717) is 12.5 Å². The molecule has 1 aliphatic heterocycles. The fourth-order valence-electron chi connectivity index (χ4n) is 1.76. The predicted octanol–water partition coefficient (Wildman–Crippen LogP) is 1.57. The van der Waals surface area contributed by atoms with Crippen LogP contribution in [0.4, 0.5) is 0 Å². The number of aliphatic hydroxyl groups is 1. The molecule has 0 aromatic carbocycles. The minimum atomic E-state index is -0.521. The summed E-state index contributed by atoms with van der Waals surface area (Å²) in [6.07, 6.45) is 2.78. The Labute approximate surface area is 68.6 Å². The average molecular weight is 158 g/mol. The lowest BCUT2D eigenvalue weighted by Crippen LogP contribution is -2.39. The minimum absolute atomic E-state index is 0.521. The van der Waals surface area contributed by atoms with Crippen molar-refractivity contribution in [3.05, 3.63) is 0 Å². The monoisotopic (exact) mass is 158 g/mol. The normalized spacial score (nSPS) is 32.7. The highest BCUT2D eigenvalue weighted by Gasteiger charge is 2.30. The molecule has 2 nitrogen and oxygen atoms in total. The lowest BCUT2D eigenvalue weighted by molar-refractivity contribution is -0.0954. The smallest absolute Gasteiger partial charge is 0.0883 e. The SMILES string of the molecule is CC(C)C[C@]1(O)CCCOC1. The second-order valence-corrected chi connectivity index (χ2v) is 3.98. The Kier molecular flexibility index (Phi) is 2.90. The van der Waals surface area contributed by atoms with Crippen molar-refractivity contribution in [2.24, 2.45) is 5.92 Å². The van der Waals surface area contributed by atoms with E-state index in [-0.39, 0.29) is 0 Å². The summed E-state index contributed by atoms with van der Waals surface area (Å²) in [5.74, 6) is 0.557. The Balaban J connectivity index is 2.37. The van der Waals surface area contributed by atoms with Crippen LogP contribution in [-0.4, -0.2) is 23.9 Å². The molecule has 0 unspecified atom stereocenters. The maximum absolute atomic E-state index is 9.92. The molecule has 1 saturated heterocycles. The minimum Gasteiger partial charge on any atom is -0.387 e. The van der Waals surface area contributed by atoms with Gasteiger partial charge in [0.2, 0.25) is 0 Å². The van der Waals surface area contributed by atoms with E-state index in [1.54, 1.807) is 0 Å². The zero-order valence-electron chi connectivity index (χ0n) is 7.47. The van der Waals surface area contributed by atoms with Crippen LogP contribution in [0.5, 0.6) is 0 Å². The summed E-state index contributed by atoms with van der Waals surface area (Å²) < 4.78 is 5.24. The largest absolute Gasteiger partial charge is 0.387 e. The van der Waals surface area contributed by atoms with Crippen molar-refractivity contribution in [3.63, 3.8) is 0 Å². The van der Waals surface area contributed by atoms with Gasteiger partial charge in [0, 0.05) is 6.61 Å². The summed E-state index contributed by atoms with van der Waals surface area (Å²) in [4.78, 5) is 0. The van der Waals surface area contributed by atoms with Crippen LogP contribution in [-0.2, 0) is 4.74 Å². The highest BCUT2D eigenvalue weighted by Crippen LogP contribution is 2.25. The molecule has 0 radical (unpaired) electrons. The van der Waals surface area contributed by atoms with Gasteiger partial charge < -0.3 is 9.84 Å². The van der Waals surface area contributed by atoms with Crippen molar-refractivity contribution in [2.75, 3.05) is 13.2 Å². The van der Waals surface area contributed by atoms with Crippen molar-refractivity contribution in [1.82, 2.24) is 0 Å². The standard InChI is InChI=1S/C9H18O2/c1-8(2)6-9(10)4-3-5-11-7-9/h8,10H,3-7H2,1-2H3/t9-/m1/s1. The lowest BCUT2D eigenvalue weighted by atomic mass is 9.88. The van der Waals surface area contributed by atoms with E-state index in [0.717, 1.165) is 25.9 Å². The molecule has 11 heavy (non-hydrogen) atoms. The summed E-state index contributed by atoms with van der Waals surface area (Å²) >= 11 is 0. The highest BCUT2D eigenvalue weighted by molar-refractivity contribution is 4.81. The fourth-order valence-corrected chi connectivity index (χ4v) is 1.76. The van der Waals surface area contributed by atoms with Gasteiger partial charge in [0.25, 0.3) is 0 Å². The first-order valence-electron chi connectivity index (χ1n) is 4.42. The van der Waals surface area contributed by atoms with Gasteiger partial charge in [0.15, 0.2) is 0 Å². The molecule has 2 heteroatoms. The molecule has 66 valence electrons.